The molecule has 8 heteroatoms. The van der Waals surface area contributed by atoms with Crippen LogP contribution >= 0.6 is 0 Å². The average molecular weight is 420 g/mol. The number of ether oxygens (including phenoxy) is 2. The Balaban J connectivity index is 1.23. The van der Waals surface area contributed by atoms with Crippen LogP contribution in [0.5, 0.6) is 11.5 Å². The van der Waals surface area contributed by atoms with Crippen molar-refractivity contribution in [2.45, 2.75) is 19.9 Å². The number of carbonyl (C=O) groups excluding carboxylic acids is 1. The van der Waals surface area contributed by atoms with Crippen molar-refractivity contribution in [2.24, 2.45) is 0 Å². The predicted molar refractivity (Wildman–Crippen MR) is 113 cm³/mol. The van der Waals surface area contributed by atoms with E-state index in [0.29, 0.717) is 41.9 Å². The van der Waals surface area contributed by atoms with Crippen molar-refractivity contribution >= 4 is 5.91 Å². The normalized spacial score (nSPS) is 17.0. The molecule has 3 heterocycles. The number of aryl methyl sites for hydroxylation is 1. The summed E-state index contributed by atoms with van der Waals surface area (Å²) in [7, 11) is 0. The molecule has 0 bridgehead atoms. The van der Waals surface area contributed by atoms with Crippen LogP contribution in [0.15, 0.2) is 47.0 Å². The summed E-state index contributed by atoms with van der Waals surface area (Å²) < 4.78 is 16.4. The third-order valence-corrected chi connectivity index (χ3v) is 5.89. The summed E-state index contributed by atoms with van der Waals surface area (Å²) in [6.07, 6.45) is 0. The number of hydrogen-bond donors (Lipinski definition) is 0. The lowest BCUT2D eigenvalue weighted by Gasteiger charge is -2.36. The van der Waals surface area contributed by atoms with Gasteiger partial charge in [-0.1, -0.05) is 41.1 Å². The molecular formula is C23H24N4O4. The van der Waals surface area contributed by atoms with E-state index in [0.717, 1.165) is 18.7 Å². The van der Waals surface area contributed by atoms with Crippen molar-refractivity contribution in [2.75, 3.05) is 33.0 Å². The summed E-state index contributed by atoms with van der Waals surface area (Å²) >= 11 is 0. The van der Waals surface area contributed by atoms with Gasteiger partial charge in [-0.15, -0.1) is 0 Å². The molecule has 2 aliphatic heterocycles. The Hall–Kier alpha value is -3.39. The molecule has 2 aromatic carbocycles. The Kier molecular flexibility index (Phi) is 5.07. The number of rotatable bonds is 4. The van der Waals surface area contributed by atoms with E-state index in [9.17, 15) is 4.79 Å². The Labute approximate surface area is 180 Å². The average Bonchev–Trinajstić information content (AvgIpc) is 3.48. The van der Waals surface area contributed by atoms with Gasteiger partial charge in [0.15, 0.2) is 11.5 Å². The van der Waals surface area contributed by atoms with E-state index in [1.54, 1.807) is 6.07 Å². The number of nitrogens with zero attached hydrogens (tertiary/aromatic N) is 4. The highest BCUT2D eigenvalue weighted by Crippen LogP contribution is 2.36. The molecule has 3 aromatic rings. The zero-order valence-corrected chi connectivity index (χ0v) is 17.6. The molecule has 0 aliphatic carbocycles. The molecule has 0 saturated carbocycles. The first kappa shape index (κ1) is 19.6. The van der Waals surface area contributed by atoms with Gasteiger partial charge in [-0.25, -0.2) is 0 Å². The molecule has 1 aromatic heterocycles. The summed E-state index contributed by atoms with van der Waals surface area (Å²) in [6, 6.07) is 13.4. The molecule has 0 spiro atoms. The van der Waals surface area contributed by atoms with Crippen molar-refractivity contribution in [3.63, 3.8) is 0 Å². The van der Waals surface area contributed by atoms with Gasteiger partial charge in [-0.05, 0) is 26.0 Å². The topological polar surface area (TPSA) is 80.9 Å². The number of amides is 1. The monoisotopic (exact) mass is 420 g/mol. The van der Waals surface area contributed by atoms with Crippen LogP contribution in [0.3, 0.4) is 0 Å². The van der Waals surface area contributed by atoms with Crippen LogP contribution in [-0.2, 0) is 0 Å². The second-order valence-electron chi connectivity index (χ2n) is 7.87. The third-order valence-electron chi connectivity index (χ3n) is 5.89. The number of carbonyl (C=O) groups is 1. The molecule has 2 aliphatic rings. The van der Waals surface area contributed by atoms with Crippen LogP contribution in [0, 0.1) is 6.92 Å². The van der Waals surface area contributed by atoms with Gasteiger partial charge in [-0.3, -0.25) is 9.69 Å². The minimum absolute atomic E-state index is 0.0262. The maximum absolute atomic E-state index is 13.0. The van der Waals surface area contributed by atoms with E-state index in [1.165, 1.54) is 5.56 Å². The van der Waals surface area contributed by atoms with Crippen LogP contribution in [0.4, 0.5) is 0 Å². The second kappa shape index (κ2) is 8.03. The number of benzene rings is 2. The molecule has 1 fully saturated rings. The maximum atomic E-state index is 13.0. The van der Waals surface area contributed by atoms with E-state index in [4.69, 9.17) is 14.0 Å². The van der Waals surface area contributed by atoms with E-state index in [-0.39, 0.29) is 18.7 Å². The van der Waals surface area contributed by atoms with Crippen LogP contribution < -0.4 is 9.47 Å². The first-order valence-corrected chi connectivity index (χ1v) is 10.4. The number of aromatic nitrogens is 2. The molecule has 1 saturated heterocycles. The molecule has 1 amide bonds. The van der Waals surface area contributed by atoms with Gasteiger partial charge in [0, 0.05) is 31.7 Å². The Morgan fingerprint density at radius 1 is 1.03 bits per heavy atom. The molecule has 1 unspecified atom stereocenters. The SMILES string of the molecule is Cc1ccc(-c2noc(C(C)N3CCN(C(=O)c4cccc5c4OCO5)CC3)n2)cc1. The highest BCUT2D eigenvalue weighted by Gasteiger charge is 2.30. The van der Waals surface area contributed by atoms with Crippen LogP contribution in [0.2, 0.25) is 0 Å². The second-order valence-corrected chi connectivity index (χ2v) is 7.87. The summed E-state index contributed by atoms with van der Waals surface area (Å²) in [6.45, 7) is 6.94. The van der Waals surface area contributed by atoms with Gasteiger partial charge in [0.2, 0.25) is 18.5 Å². The van der Waals surface area contributed by atoms with Crippen LogP contribution in [-0.4, -0.2) is 58.8 Å². The third kappa shape index (κ3) is 3.74. The van der Waals surface area contributed by atoms with Crippen molar-refractivity contribution in [1.29, 1.82) is 0 Å². The highest BCUT2D eigenvalue weighted by molar-refractivity contribution is 5.98. The van der Waals surface area contributed by atoms with Gasteiger partial charge >= 0.3 is 0 Å². The van der Waals surface area contributed by atoms with Gasteiger partial charge in [-0.2, -0.15) is 4.98 Å². The molecule has 1 atom stereocenters. The standard InChI is InChI=1S/C23H24N4O4/c1-15-6-8-17(9-7-15)21-24-22(31-25-21)16(2)26-10-12-27(13-11-26)23(28)18-4-3-5-19-20(18)30-14-29-19/h3-9,16H,10-14H2,1-2H3. The molecular weight excluding hydrogens is 396 g/mol. The molecule has 31 heavy (non-hydrogen) atoms. The fraction of sp³-hybridized carbons (Fsp3) is 0.348. The maximum Gasteiger partial charge on any atom is 0.257 e. The summed E-state index contributed by atoms with van der Waals surface area (Å²) in [5, 5.41) is 4.15. The lowest BCUT2D eigenvalue weighted by molar-refractivity contribution is 0.0548. The van der Waals surface area contributed by atoms with Gasteiger partial charge < -0.3 is 18.9 Å². The number of hydrogen-bond acceptors (Lipinski definition) is 7. The van der Waals surface area contributed by atoms with Gasteiger partial charge in [0.05, 0.1) is 11.6 Å². The van der Waals surface area contributed by atoms with E-state index >= 15 is 0 Å². The Bertz CT molecular complexity index is 1090. The summed E-state index contributed by atoms with van der Waals surface area (Å²) in [5.41, 5.74) is 2.67. The highest BCUT2D eigenvalue weighted by atomic mass is 16.7. The van der Waals surface area contributed by atoms with E-state index in [2.05, 4.69) is 22.0 Å². The minimum atomic E-state index is -0.0332. The number of fused-ring (bicyclic) bond motifs is 1. The van der Waals surface area contributed by atoms with E-state index in [1.807, 2.05) is 48.2 Å². The minimum Gasteiger partial charge on any atom is -0.454 e. The first-order chi connectivity index (χ1) is 15.1. The molecule has 160 valence electrons. The fourth-order valence-electron chi connectivity index (χ4n) is 3.96. The largest absolute Gasteiger partial charge is 0.454 e. The van der Waals surface area contributed by atoms with Crippen molar-refractivity contribution < 1.29 is 18.8 Å². The van der Waals surface area contributed by atoms with Gasteiger partial charge in [0.25, 0.3) is 5.91 Å². The van der Waals surface area contributed by atoms with Crippen molar-refractivity contribution in [3.8, 4) is 22.9 Å². The predicted octanol–water partition coefficient (Wildman–Crippen LogP) is 3.29. The lowest BCUT2D eigenvalue weighted by atomic mass is 10.1. The van der Waals surface area contributed by atoms with Gasteiger partial charge in [0.1, 0.15) is 0 Å². The van der Waals surface area contributed by atoms with Crippen molar-refractivity contribution in [3.05, 3.63) is 59.5 Å². The van der Waals surface area contributed by atoms with Crippen molar-refractivity contribution in [1.82, 2.24) is 19.9 Å². The van der Waals surface area contributed by atoms with E-state index < -0.39 is 0 Å². The fourth-order valence-corrected chi connectivity index (χ4v) is 3.96. The smallest absolute Gasteiger partial charge is 0.257 e. The number of para-hydroxylation sites is 1. The van der Waals surface area contributed by atoms with Crippen LogP contribution in [0.25, 0.3) is 11.4 Å². The molecule has 8 nitrogen and oxygen atoms in total. The summed E-state index contributed by atoms with van der Waals surface area (Å²) in [5.74, 6) is 2.31. The summed E-state index contributed by atoms with van der Waals surface area (Å²) in [4.78, 5) is 21.7. The zero-order chi connectivity index (χ0) is 21.4. The van der Waals surface area contributed by atoms with Crippen LogP contribution in [0.1, 0.15) is 34.8 Å². The quantitative estimate of drug-likeness (QED) is 0.641. The first-order valence-electron chi connectivity index (χ1n) is 10.4. The molecule has 0 N–H and O–H groups in total. The Morgan fingerprint density at radius 2 is 1.81 bits per heavy atom. The zero-order valence-electron chi connectivity index (χ0n) is 17.6. The molecule has 0 radical (unpaired) electrons. The number of piperazine rings is 1. The molecule has 5 rings (SSSR count). The lowest BCUT2D eigenvalue weighted by Crippen LogP contribution is -2.49. The Morgan fingerprint density at radius 3 is 2.58 bits per heavy atom.